The number of methoxy groups -OCH3 is 2. The molecule has 3 aromatic carbocycles. The Morgan fingerprint density at radius 2 is 1.81 bits per heavy atom. The van der Waals surface area contributed by atoms with Crippen LogP contribution in [0, 0.1) is 5.82 Å². The lowest BCUT2D eigenvalue weighted by Gasteiger charge is -2.14. The van der Waals surface area contributed by atoms with E-state index in [1.165, 1.54) is 31.0 Å². The summed E-state index contributed by atoms with van der Waals surface area (Å²) < 4.78 is 25.5. The fourth-order valence-corrected chi connectivity index (χ4v) is 4.78. The first-order chi connectivity index (χ1) is 17.9. The molecule has 8 nitrogen and oxygen atoms in total. The molecule has 0 aliphatic carbocycles. The number of nitrogens with zero attached hydrogens (tertiary/aromatic N) is 3. The summed E-state index contributed by atoms with van der Waals surface area (Å²) in [5.74, 6) is 1.72. The number of anilines is 1. The molecule has 4 aromatic rings. The SMILES string of the molecule is COc1ccc(NC(=O)NCc2nnc(SCc3ccc(F)cc3)n2-c2ccc(Cl)cc2Cl)c(OC)c1. The number of amides is 2. The van der Waals surface area contributed by atoms with Crippen LogP contribution in [-0.2, 0) is 12.3 Å². The zero-order chi connectivity index (χ0) is 26.4. The zero-order valence-electron chi connectivity index (χ0n) is 19.8. The van der Waals surface area contributed by atoms with Crippen LogP contribution in [0.2, 0.25) is 10.0 Å². The smallest absolute Gasteiger partial charge is 0.319 e. The summed E-state index contributed by atoms with van der Waals surface area (Å²) in [5.41, 5.74) is 1.99. The molecule has 192 valence electrons. The number of carbonyl (C=O) groups is 1. The Hall–Kier alpha value is -3.47. The van der Waals surface area contributed by atoms with E-state index < -0.39 is 6.03 Å². The number of nitrogens with one attached hydrogen (secondary N) is 2. The minimum Gasteiger partial charge on any atom is -0.497 e. The highest BCUT2D eigenvalue weighted by Gasteiger charge is 2.18. The van der Waals surface area contributed by atoms with Crippen LogP contribution < -0.4 is 20.1 Å². The second-order valence-electron chi connectivity index (χ2n) is 7.62. The summed E-state index contributed by atoms with van der Waals surface area (Å²) >= 11 is 14.0. The maximum absolute atomic E-state index is 13.3. The molecule has 0 unspecified atom stereocenters. The fourth-order valence-electron chi connectivity index (χ4n) is 3.37. The van der Waals surface area contributed by atoms with Crippen molar-refractivity contribution in [3.05, 3.63) is 87.9 Å². The van der Waals surface area contributed by atoms with Gasteiger partial charge in [0, 0.05) is 16.8 Å². The average Bonchev–Trinajstić information content (AvgIpc) is 3.29. The molecule has 0 aliphatic heterocycles. The molecule has 12 heteroatoms. The molecule has 0 bridgehead atoms. The topological polar surface area (TPSA) is 90.3 Å². The van der Waals surface area contributed by atoms with Crippen molar-refractivity contribution in [3.8, 4) is 17.2 Å². The van der Waals surface area contributed by atoms with Crippen molar-refractivity contribution in [2.75, 3.05) is 19.5 Å². The number of aromatic nitrogens is 3. The highest BCUT2D eigenvalue weighted by atomic mass is 35.5. The van der Waals surface area contributed by atoms with Crippen molar-refractivity contribution >= 4 is 46.7 Å². The van der Waals surface area contributed by atoms with Gasteiger partial charge in [-0.3, -0.25) is 4.57 Å². The predicted molar refractivity (Wildman–Crippen MR) is 143 cm³/mol. The van der Waals surface area contributed by atoms with Crippen LogP contribution in [0.4, 0.5) is 14.9 Å². The van der Waals surface area contributed by atoms with E-state index in [4.69, 9.17) is 32.7 Å². The predicted octanol–water partition coefficient (Wildman–Crippen LogP) is 6.34. The first kappa shape index (κ1) is 26.6. The van der Waals surface area contributed by atoms with E-state index in [2.05, 4.69) is 20.8 Å². The molecule has 37 heavy (non-hydrogen) atoms. The van der Waals surface area contributed by atoms with Crippen LogP contribution >= 0.6 is 35.0 Å². The molecular formula is C25H22Cl2FN5O3S. The largest absolute Gasteiger partial charge is 0.497 e. The van der Waals surface area contributed by atoms with Gasteiger partial charge in [0.1, 0.15) is 17.3 Å². The van der Waals surface area contributed by atoms with E-state index in [1.807, 2.05) is 0 Å². The van der Waals surface area contributed by atoms with Crippen LogP contribution in [0.1, 0.15) is 11.4 Å². The van der Waals surface area contributed by atoms with Gasteiger partial charge >= 0.3 is 6.03 Å². The van der Waals surface area contributed by atoms with Crippen LogP contribution in [0.5, 0.6) is 11.5 Å². The number of hydrogen-bond donors (Lipinski definition) is 2. The van der Waals surface area contributed by atoms with E-state index >= 15 is 0 Å². The Morgan fingerprint density at radius 1 is 1.03 bits per heavy atom. The maximum Gasteiger partial charge on any atom is 0.319 e. The molecule has 0 fully saturated rings. The van der Waals surface area contributed by atoms with Gasteiger partial charge in [-0.2, -0.15) is 0 Å². The molecule has 0 aliphatic rings. The molecule has 2 N–H and O–H groups in total. The normalized spacial score (nSPS) is 10.7. The Morgan fingerprint density at radius 3 is 2.51 bits per heavy atom. The first-order valence-corrected chi connectivity index (χ1v) is 12.7. The molecule has 1 heterocycles. The Balaban J connectivity index is 1.54. The van der Waals surface area contributed by atoms with Crippen molar-refractivity contribution in [2.45, 2.75) is 17.5 Å². The minimum atomic E-state index is -0.472. The lowest BCUT2D eigenvalue weighted by Crippen LogP contribution is -2.29. The number of carbonyl (C=O) groups excluding carboxylic acids is 1. The molecular weight excluding hydrogens is 540 g/mol. The number of halogens is 3. The number of hydrogen-bond acceptors (Lipinski definition) is 6. The zero-order valence-corrected chi connectivity index (χ0v) is 22.1. The van der Waals surface area contributed by atoms with Crippen molar-refractivity contribution in [3.63, 3.8) is 0 Å². The molecule has 0 saturated carbocycles. The third-order valence-corrected chi connectivity index (χ3v) is 6.73. The Labute approximate surface area is 227 Å². The van der Waals surface area contributed by atoms with Gasteiger partial charge in [0.05, 0.1) is 37.2 Å². The highest BCUT2D eigenvalue weighted by Crippen LogP contribution is 2.31. The van der Waals surface area contributed by atoms with Crippen LogP contribution in [0.15, 0.2) is 65.8 Å². The monoisotopic (exact) mass is 561 g/mol. The second-order valence-corrected chi connectivity index (χ2v) is 9.41. The summed E-state index contributed by atoms with van der Waals surface area (Å²) in [7, 11) is 3.05. The average molecular weight is 562 g/mol. The maximum atomic E-state index is 13.3. The number of ether oxygens (including phenoxy) is 2. The second kappa shape index (κ2) is 12.2. The molecule has 0 saturated heterocycles. The fraction of sp³-hybridized carbons (Fsp3) is 0.160. The summed E-state index contributed by atoms with van der Waals surface area (Å²) in [6.07, 6.45) is 0. The summed E-state index contributed by atoms with van der Waals surface area (Å²) in [5, 5.41) is 15.5. The highest BCUT2D eigenvalue weighted by molar-refractivity contribution is 7.98. The first-order valence-electron chi connectivity index (χ1n) is 10.9. The number of thioether (sulfide) groups is 1. The summed E-state index contributed by atoms with van der Waals surface area (Å²) in [4.78, 5) is 12.7. The molecule has 2 amide bonds. The number of urea groups is 1. The van der Waals surface area contributed by atoms with Crippen molar-refractivity contribution in [2.24, 2.45) is 0 Å². The van der Waals surface area contributed by atoms with Gasteiger partial charge in [0.15, 0.2) is 11.0 Å². The van der Waals surface area contributed by atoms with E-state index in [-0.39, 0.29) is 12.4 Å². The van der Waals surface area contributed by atoms with Crippen molar-refractivity contribution in [1.82, 2.24) is 20.1 Å². The van der Waals surface area contributed by atoms with Crippen LogP contribution in [0.25, 0.3) is 5.69 Å². The third-order valence-electron chi connectivity index (χ3n) is 5.20. The molecule has 4 rings (SSSR count). The van der Waals surface area contributed by atoms with Crippen molar-refractivity contribution in [1.29, 1.82) is 0 Å². The van der Waals surface area contributed by atoms with E-state index in [9.17, 15) is 9.18 Å². The molecule has 0 radical (unpaired) electrons. The van der Waals surface area contributed by atoms with E-state index in [0.29, 0.717) is 49.7 Å². The van der Waals surface area contributed by atoms with Crippen molar-refractivity contribution < 1.29 is 18.7 Å². The molecule has 0 atom stereocenters. The summed E-state index contributed by atoms with van der Waals surface area (Å²) in [6.45, 7) is 0.0490. The standard InChI is InChI=1S/C25H22Cl2FN5O3S/c1-35-18-8-9-20(22(12-18)36-2)30-24(34)29-13-23-31-32-25(37-14-15-3-6-17(28)7-4-15)33(23)21-10-5-16(26)11-19(21)27/h3-12H,13-14H2,1-2H3,(H2,29,30,34). The Kier molecular flexibility index (Phi) is 8.75. The van der Waals surface area contributed by atoms with E-state index in [1.54, 1.807) is 60.2 Å². The van der Waals surface area contributed by atoms with Gasteiger partial charge in [-0.05, 0) is 48.0 Å². The number of benzene rings is 3. The lowest BCUT2D eigenvalue weighted by atomic mass is 10.2. The van der Waals surface area contributed by atoms with Crippen LogP contribution in [0.3, 0.4) is 0 Å². The van der Waals surface area contributed by atoms with Gasteiger partial charge in [-0.1, -0.05) is 47.1 Å². The summed E-state index contributed by atoms with van der Waals surface area (Å²) in [6, 6.07) is 15.9. The Bertz CT molecular complexity index is 1400. The van der Waals surface area contributed by atoms with E-state index in [0.717, 1.165) is 5.56 Å². The third kappa shape index (κ3) is 6.65. The van der Waals surface area contributed by atoms with Crippen LogP contribution in [-0.4, -0.2) is 35.0 Å². The minimum absolute atomic E-state index is 0.0490. The van der Waals surface area contributed by atoms with Gasteiger partial charge in [-0.15, -0.1) is 10.2 Å². The molecule has 1 aromatic heterocycles. The quantitative estimate of drug-likeness (QED) is 0.231. The van der Waals surface area contributed by atoms with Gasteiger partial charge < -0.3 is 20.1 Å². The van der Waals surface area contributed by atoms with Gasteiger partial charge in [0.25, 0.3) is 0 Å². The number of rotatable bonds is 9. The van der Waals surface area contributed by atoms with Gasteiger partial charge in [0.2, 0.25) is 0 Å². The van der Waals surface area contributed by atoms with Gasteiger partial charge in [-0.25, -0.2) is 9.18 Å². The lowest BCUT2D eigenvalue weighted by molar-refractivity contribution is 0.251. The molecule has 0 spiro atoms.